The fourth-order valence-electron chi connectivity index (χ4n) is 1.62. The van der Waals surface area contributed by atoms with Gasteiger partial charge in [-0.25, -0.2) is 0 Å². The Kier molecular flexibility index (Phi) is 4.45. The van der Waals surface area contributed by atoms with Gasteiger partial charge in [-0.3, -0.25) is 0 Å². The first-order valence-corrected chi connectivity index (χ1v) is 6.83. The number of aromatic nitrogens is 2. The number of benzene rings is 1. The van der Waals surface area contributed by atoms with E-state index in [-0.39, 0.29) is 12.0 Å². The molecule has 0 bridgehead atoms. The number of hydrogen-bond acceptors (Lipinski definition) is 4. The minimum atomic E-state index is -0.256. The van der Waals surface area contributed by atoms with Crippen LogP contribution in [0.5, 0.6) is 0 Å². The maximum absolute atomic E-state index is 6.05. The summed E-state index contributed by atoms with van der Waals surface area (Å²) in [4.78, 5) is 4.32. The molecule has 0 unspecified atom stereocenters. The second-order valence-electron chi connectivity index (χ2n) is 4.50. The molecule has 1 aromatic heterocycles. The van der Waals surface area contributed by atoms with Gasteiger partial charge in [0.1, 0.15) is 0 Å². The summed E-state index contributed by atoms with van der Waals surface area (Å²) in [6.45, 7) is 4.12. The third-order valence-electron chi connectivity index (χ3n) is 3.16. The van der Waals surface area contributed by atoms with E-state index in [9.17, 15) is 0 Å². The van der Waals surface area contributed by atoms with E-state index in [1.54, 1.807) is 18.2 Å². The van der Waals surface area contributed by atoms with Crippen molar-refractivity contribution in [2.75, 3.05) is 0 Å². The van der Waals surface area contributed by atoms with Crippen molar-refractivity contribution >= 4 is 23.2 Å². The minimum absolute atomic E-state index is 0.256. The molecule has 0 spiro atoms. The number of rotatable bonds is 4. The summed E-state index contributed by atoms with van der Waals surface area (Å²) in [6.07, 6.45) is 0.950. The highest BCUT2D eigenvalue weighted by molar-refractivity contribution is 6.42. The molecule has 0 aliphatic heterocycles. The van der Waals surface area contributed by atoms with E-state index >= 15 is 0 Å². The minimum Gasteiger partial charge on any atom is -0.337 e. The second kappa shape index (κ2) is 5.90. The van der Waals surface area contributed by atoms with Gasteiger partial charge in [0.25, 0.3) is 0 Å². The molecule has 2 rings (SSSR count). The number of nitrogens with zero attached hydrogens (tertiary/aromatic N) is 2. The highest BCUT2D eigenvalue weighted by atomic mass is 35.5. The van der Waals surface area contributed by atoms with E-state index in [1.165, 1.54) is 0 Å². The Balaban J connectivity index is 2.27. The van der Waals surface area contributed by atoms with Gasteiger partial charge in [0.15, 0.2) is 0 Å². The fraction of sp³-hybridized carbons (Fsp3) is 0.385. The molecule has 0 fully saturated rings. The van der Waals surface area contributed by atoms with Gasteiger partial charge in [0.05, 0.1) is 16.1 Å². The monoisotopic (exact) mass is 299 g/mol. The highest BCUT2D eigenvalue weighted by Gasteiger charge is 2.20. The average molecular weight is 300 g/mol. The molecule has 0 saturated heterocycles. The molecule has 1 heterocycles. The molecule has 2 N–H and O–H groups in total. The Bertz CT molecular complexity index is 571. The molecule has 0 radical (unpaired) electrons. The molecular formula is C13H15Cl2N3O. The molecule has 2 aromatic rings. The van der Waals surface area contributed by atoms with Crippen LogP contribution < -0.4 is 5.73 Å². The molecule has 19 heavy (non-hydrogen) atoms. The molecule has 2 atom stereocenters. The topological polar surface area (TPSA) is 64.9 Å². The molecule has 0 saturated carbocycles. The molecule has 4 nitrogen and oxygen atoms in total. The van der Waals surface area contributed by atoms with Crippen molar-refractivity contribution in [3.8, 4) is 11.4 Å². The van der Waals surface area contributed by atoms with Crippen molar-refractivity contribution in [2.24, 2.45) is 11.7 Å². The maximum Gasteiger partial charge on any atom is 0.244 e. The van der Waals surface area contributed by atoms with Gasteiger partial charge in [-0.2, -0.15) is 4.98 Å². The van der Waals surface area contributed by atoms with Crippen molar-refractivity contribution in [3.05, 3.63) is 34.1 Å². The summed E-state index contributed by atoms with van der Waals surface area (Å²) >= 11 is 11.8. The van der Waals surface area contributed by atoms with Gasteiger partial charge in [0.2, 0.25) is 11.7 Å². The lowest BCUT2D eigenvalue weighted by Crippen LogP contribution is -2.18. The zero-order valence-corrected chi connectivity index (χ0v) is 12.2. The van der Waals surface area contributed by atoms with Crippen LogP contribution >= 0.6 is 23.2 Å². The molecule has 6 heteroatoms. The average Bonchev–Trinajstić information content (AvgIpc) is 2.89. The van der Waals surface area contributed by atoms with Crippen molar-refractivity contribution in [1.29, 1.82) is 0 Å². The Labute approximate surface area is 121 Å². The predicted molar refractivity (Wildman–Crippen MR) is 76.1 cm³/mol. The normalized spacial score (nSPS) is 14.4. The van der Waals surface area contributed by atoms with Gasteiger partial charge >= 0.3 is 0 Å². The summed E-state index contributed by atoms with van der Waals surface area (Å²) in [6, 6.07) is 4.93. The van der Waals surface area contributed by atoms with Gasteiger partial charge in [-0.05, 0) is 24.1 Å². The number of nitrogens with two attached hydrogens (primary N) is 1. The molecular weight excluding hydrogens is 285 g/mol. The zero-order chi connectivity index (χ0) is 14.0. The molecule has 0 aliphatic carbocycles. The van der Waals surface area contributed by atoms with Crippen LogP contribution in [-0.4, -0.2) is 10.1 Å². The van der Waals surface area contributed by atoms with E-state index in [2.05, 4.69) is 17.1 Å². The van der Waals surface area contributed by atoms with Crippen LogP contribution in [-0.2, 0) is 0 Å². The third-order valence-corrected chi connectivity index (χ3v) is 3.90. The Hall–Kier alpha value is -1.10. The fourth-order valence-corrected chi connectivity index (χ4v) is 1.92. The van der Waals surface area contributed by atoms with Crippen LogP contribution in [0, 0.1) is 5.92 Å². The third kappa shape index (κ3) is 3.08. The van der Waals surface area contributed by atoms with Crippen LogP contribution in [0.25, 0.3) is 11.4 Å². The molecule has 0 amide bonds. The summed E-state index contributed by atoms with van der Waals surface area (Å²) < 4.78 is 5.21. The lowest BCUT2D eigenvalue weighted by molar-refractivity contribution is 0.312. The summed E-state index contributed by atoms with van der Waals surface area (Å²) in [5, 5.41) is 4.87. The van der Waals surface area contributed by atoms with E-state index in [0.29, 0.717) is 21.8 Å². The summed E-state index contributed by atoms with van der Waals surface area (Å²) in [5.74, 6) is 1.19. The largest absolute Gasteiger partial charge is 0.337 e. The summed E-state index contributed by atoms with van der Waals surface area (Å²) in [5.41, 5.74) is 6.80. The molecule has 1 aromatic carbocycles. The van der Waals surface area contributed by atoms with Crippen molar-refractivity contribution in [3.63, 3.8) is 0 Å². The van der Waals surface area contributed by atoms with E-state index in [1.807, 2.05) is 6.92 Å². The van der Waals surface area contributed by atoms with Gasteiger partial charge < -0.3 is 10.3 Å². The van der Waals surface area contributed by atoms with Crippen LogP contribution in [0.15, 0.2) is 22.7 Å². The van der Waals surface area contributed by atoms with Gasteiger partial charge in [0, 0.05) is 5.56 Å². The Morgan fingerprint density at radius 2 is 2.05 bits per heavy atom. The first-order valence-electron chi connectivity index (χ1n) is 6.07. The number of hydrogen-bond donors (Lipinski definition) is 1. The molecule has 0 aliphatic rings. The van der Waals surface area contributed by atoms with Crippen LogP contribution in [0.4, 0.5) is 0 Å². The highest BCUT2D eigenvalue weighted by Crippen LogP contribution is 2.28. The predicted octanol–water partition coefficient (Wildman–Crippen LogP) is 4.09. The van der Waals surface area contributed by atoms with E-state index in [4.69, 9.17) is 33.5 Å². The zero-order valence-electron chi connectivity index (χ0n) is 10.7. The first-order chi connectivity index (χ1) is 9.02. The Morgan fingerprint density at radius 1 is 1.32 bits per heavy atom. The first kappa shape index (κ1) is 14.3. The van der Waals surface area contributed by atoms with E-state index in [0.717, 1.165) is 12.0 Å². The van der Waals surface area contributed by atoms with Crippen LogP contribution in [0.1, 0.15) is 32.2 Å². The maximum atomic E-state index is 6.05. The number of halogens is 2. The lowest BCUT2D eigenvalue weighted by atomic mass is 10.0. The SMILES string of the molecule is CC[C@H](C)[C@H](N)c1nc(-c2ccc(Cl)c(Cl)c2)no1. The van der Waals surface area contributed by atoms with Crippen LogP contribution in [0.2, 0.25) is 10.0 Å². The van der Waals surface area contributed by atoms with Crippen molar-refractivity contribution in [1.82, 2.24) is 10.1 Å². The van der Waals surface area contributed by atoms with Gasteiger partial charge in [-0.15, -0.1) is 0 Å². The lowest BCUT2D eigenvalue weighted by Gasteiger charge is -2.12. The summed E-state index contributed by atoms with van der Waals surface area (Å²) in [7, 11) is 0. The van der Waals surface area contributed by atoms with Crippen molar-refractivity contribution in [2.45, 2.75) is 26.3 Å². The Morgan fingerprint density at radius 3 is 2.68 bits per heavy atom. The smallest absolute Gasteiger partial charge is 0.244 e. The quantitative estimate of drug-likeness (QED) is 0.923. The standard InChI is InChI=1S/C13H15Cl2N3O/c1-3-7(2)11(16)13-17-12(18-19-13)8-4-5-9(14)10(15)6-8/h4-7,11H,3,16H2,1-2H3/t7-,11-/m0/s1. The van der Waals surface area contributed by atoms with Crippen LogP contribution in [0.3, 0.4) is 0 Å². The van der Waals surface area contributed by atoms with Gasteiger partial charge in [-0.1, -0.05) is 48.6 Å². The molecule has 102 valence electrons. The van der Waals surface area contributed by atoms with E-state index < -0.39 is 0 Å². The van der Waals surface area contributed by atoms with Crippen molar-refractivity contribution < 1.29 is 4.52 Å². The second-order valence-corrected chi connectivity index (χ2v) is 5.31.